The average molecular weight is 526 g/mol. The fourth-order valence-corrected chi connectivity index (χ4v) is 5.80. The van der Waals surface area contributed by atoms with Crippen molar-refractivity contribution in [2.24, 2.45) is 0 Å². The van der Waals surface area contributed by atoms with Crippen molar-refractivity contribution in [2.45, 2.75) is 69.9 Å². The van der Waals surface area contributed by atoms with Crippen molar-refractivity contribution < 1.29 is 13.2 Å². The summed E-state index contributed by atoms with van der Waals surface area (Å²) in [5.41, 5.74) is 1.22. The number of H-pyrrole nitrogens is 1. The first-order chi connectivity index (χ1) is 17.6. The van der Waals surface area contributed by atoms with Crippen LogP contribution in [0.15, 0.2) is 58.6 Å². The van der Waals surface area contributed by atoms with Gasteiger partial charge in [0, 0.05) is 50.1 Å². The standard InChI is InChI=1S/C27H35N5O4S/c1-5-6-19-17-29-26(30-18-19)32-15-12-21(13-16-32)36-23-11-14-28-25(33)24(23)20-7-9-22(10-8-20)37(34,35)31-27(2,3)4/h7-11,14,17-18,21,31H,5-6,12-13,15-16H2,1-4H3,(H,28,33). The number of nitrogens with one attached hydrogen (secondary N) is 2. The van der Waals surface area contributed by atoms with E-state index in [1.165, 1.54) is 12.1 Å². The molecule has 0 amide bonds. The molecule has 4 rings (SSSR count). The number of aromatic amines is 1. The lowest BCUT2D eigenvalue weighted by Gasteiger charge is -2.32. The normalized spacial score (nSPS) is 15.1. The SMILES string of the molecule is CCCc1cnc(N2CCC(Oc3cc[nH]c(=O)c3-c3ccc(S(=O)(=O)NC(C)(C)C)cc3)CC2)nc1. The van der Waals surface area contributed by atoms with Gasteiger partial charge in [-0.2, -0.15) is 0 Å². The molecule has 0 aliphatic carbocycles. The van der Waals surface area contributed by atoms with Crippen LogP contribution >= 0.6 is 0 Å². The molecule has 1 aromatic carbocycles. The Morgan fingerprint density at radius 2 is 1.73 bits per heavy atom. The van der Waals surface area contributed by atoms with Crippen molar-refractivity contribution in [2.75, 3.05) is 18.0 Å². The van der Waals surface area contributed by atoms with Gasteiger partial charge in [0.2, 0.25) is 16.0 Å². The molecule has 0 atom stereocenters. The molecule has 2 N–H and O–H groups in total. The molecule has 0 unspecified atom stereocenters. The largest absolute Gasteiger partial charge is 0.489 e. The summed E-state index contributed by atoms with van der Waals surface area (Å²) in [5, 5.41) is 0. The smallest absolute Gasteiger partial charge is 0.259 e. The molecule has 0 radical (unpaired) electrons. The number of pyridine rings is 1. The van der Waals surface area contributed by atoms with Crippen molar-refractivity contribution in [1.29, 1.82) is 0 Å². The van der Waals surface area contributed by atoms with E-state index in [9.17, 15) is 13.2 Å². The van der Waals surface area contributed by atoms with Gasteiger partial charge in [0.05, 0.1) is 10.5 Å². The second-order valence-electron chi connectivity index (χ2n) is 10.4. The molecule has 0 saturated carbocycles. The average Bonchev–Trinajstić information content (AvgIpc) is 2.84. The molecule has 1 fully saturated rings. The molecule has 3 heterocycles. The Kier molecular flexibility index (Phi) is 7.99. The fourth-order valence-electron chi connectivity index (χ4n) is 4.38. The highest BCUT2D eigenvalue weighted by molar-refractivity contribution is 7.89. The number of hydrogen-bond acceptors (Lipinski definition) is 7. The number of aryl methyl sites for hydroxylation is 1. The molecule has 1 aliphatic rings. The summed E-state index contributed by atoms with van der Waals surface area (Å²) in [7, 11) is -3.68. The molecule has 3 aromatic rings. The molecule has 10 heteroatoms. The second kappa shape index (κ2) is 11.0. The van der Waals surface area contributed by atoms with E-state index in [2.05, 4.69) is 31.5 Å². The van der Waals surface area contributed by atoms with Crippen LogP contribution in [0.2, 0.25) is 0 Å². The van der Waals surface area contributed by atoms with E-state index in [1.807, 2.05) is 12.4 Å². The third-order valence-corrected chi connectivity index (χ3v) is 7.84. The van der Waals surface area contributed by atoms with Gasteiger partial charge in [-0.15, -0.1) is 0 Å². The molecule has 37 heavy (non-hydrogen) atoms. The van der Waals surface area contributed by atoms with Crippen molar-refractivity contribution in [1.82, 2.24) is 19.7 Å². The number of nitrogens with zero attached hydrogens (tertiary/aromatic N) is 3. The quantitative estimate of drug-likeness (QED) is 0.458. The fraction of sp³-hybridized carbons (Fsp3) is 0.444. The van der Waals surface area contributed by atoms with Crippen molar-refractivity contribution in [3.63, 3.8) is 0 Å². The summed E-state index contributed by atoms with van der Waals surface area (Å²) >= 11 is 0. The summed E-state index contributed by atoms with van der Waals surface area (Å²) in [6, 6.07) is 8.02. The third-order valence-electron chi connectivity index (χ3n) is 6.07. The summed E-state index contributed by atoms with van der Waals surface area (Å²) in [6.07, 6.45) is 8.86. The van der Waals surface area contributed by atoms with Crippen molar-refractivity contribution in [3.8, 4) is 16.9 Å². The van der Waals surface area contributed by atoms with Gasteiger partial charge in [-0.1, -0.05) is 25.5 Å². The van der Waals surface area contributed by atoms with Gasteiger partial charge in [0.15, 0.2) is 0 Å². The minimum absolute atomic E-state index is 0.0631. The first-order valence-electron chi connectivity index (χ1n) is 12.6. The van der Waals surface area contributed by atoms with Gasteiger partial charge in [-0.3, -0.25) is 4.79 Å². The summed E-state index contributed by atoms with van der Waals surface area (Å²) in [5.74, 6) is 1.21. The van der Waals surface area contributed by atoms with Gasteiger partial charge in [0.1, 0.15) is 11.9 Å². The number of sulfonamides is 1. The zero-order chi connectivity index (χ0) is 26.6. The van der Waals surface area contributed by atoms with Crippen LogP contribution in [0.3, 0.4) is 0 Å². The highest BCUT2D eigenvalue weighted by atomic mass is 32.2. The van der Waals surface area contributed by atoms with Crippen molar-refractivity contribution >= 4 is 16.0 Å². The van der Waals surface area contributed by atoms with E-state index in [-0.39, 0.29) is 16.6 Å². The minimum atomic E-state index is -3.68. The summed E-state index contributed by atoms with van der Waals surface area (Å²) in [4.78, 5) is 26.8. The number of piperidine rings is 1. The number of ether oxygens (including phenoxy) is 1. The zero-order valence-corrected chi connectivity index (χ0v) is 22.6. The van der Waals surface area contributed by atoms with Crippen LogP contribution in [-0.4, -0.2) is 48.1 Å². The molecule has 1 saturated heterocycles. The first-order valence-corrected chi connectivity index (χ1v) is 14.1. The highest BCUT2D eigenvalue weighted by Gasteiger charge is 2.25. The van der Waals surface area contributed by atoms with Crippen LogP contribution in [0.4, 0.5) is 5.95 Å². The second-order valence-corrected chi connectivity index (χ2v) is 12.1. The van der Waals surface area contributed by atoms with Crippen LogP contribution in [0.25, 0.3) is 11.1 Å². The van der Waals surface area contributed by atoms with Gasteiger partial charge in [-0.25, -0.2) is 23.1 Å². The Balaban J connectivity index is 1.46. The lowest BCUT2D eigenvalue weighted by atomic mass is 10.1. The summed E-state index contributed by atoms with van der Waals surface area (Å²) in [6.45, 7) is 9.00. The van der Waals surface area contributed by atoms with E-state index in [4.69, 9.17) is 4.74 Å². The van der Waals surface area contributed by atoms with E-state index in [0.29, 0.717) is 16.9 Å². The molecule has 1 aliphatic heterocycles. The molecule has 198 valence electrons. The Bertz CT molecular complexity index is 1360. The Morgan fingerprint density at radius 3 is 2.32 bits per heavy atom. The number of aromatic nitrogens is 3. The van der Waals surface area contributed by atoms with Gasteiger partial charge >= 0.3 is 0 Å². The van der Waals surface area contributed by atoms with Crippen LogP contribution in [0.5, 0.6) is 5.75 Å². The van der Waals surface area contributed by atoms with E-state index >= 15 is 0 Å². The molecule has 9 nitrogen and oxygen atoms in total. The maximum Gasteiger partial charge on any atom is 0.259 e. The third kappa shape index (κ3) is 6.75. The van der Waals surface area contributed by atoms with Crippen molar-refractivity contribution in [3.05, 3.63) is 64.8 Å². The monoisotopic (exact) mass is 525 g/mol. The molecular weight excluding hydrogens is 490 g/mol. The number of benzene rings is 1. The molecular formula is C27H35N5O4S. The first kappa shape index (κ1) is 26.8. The Labute approximate surface area is 218 Å². The number of rotatable bonds is 8. The van der Waals surface area contributed by atoms with E-state index < -0.39 is 15.6 Å². The minimum Gasteiger partial charge on any atom is -0.489 e. The van der Waals surface area contributed by atoms with Gasteiger partial charge in [0.25, 0.3) is 5.56 Å². The number of anilines is 1. The lowest BCUT2D eigenvalue weighted by Crippen LogP contribution is -2.40. The van der Waals surface area contributed by atoms with Gasteiger partial charge in [-0.05, 0) is 56.5 Å². The predicted molar refractivity (Wildman–Crippen MR) is 144 cm³/mol. The maximum absolute atomic E-state index is 12.8. The summed E-state index contributed by atoms with van der Waals surface area (Å²) < 4.78 is 34.2. The van der Waals surface area contributed by atoms with Crippen LogP contribution in [-0.2, 0) is 16.4 Å². The molecule has 0 bridgehead atoms. The zero-order valence-electron chi connectivity index (χ0n) is 21.8. The number of hydrogen-bond donors (Lipinski definition) is 2. The molecule has 0 spiro atoms. The van der Waals surface area contributed by atoms with E-state index in [1.54, 1.807) is 45.2 Å². The lowest BCUT2D eigenvalue weighted by molar-refractivity contribution is 0.171. The van der Waals surface area contributed by atoms with Gasteiger partial charge < -0.3 is 14.6 Å². The Morgan fingerprint density at radius 1 is 1.08 bits per heavy atom. The van der Waals surface area contributed by atoms with E-state index in [0.717, 1.165) is 50.3 Å². The van der Waals surface area contributed by atoms with Crippen LogP contribution in [0.1, 0.15) is 52.5 Å². The van der Waals surface area contributed by atoms with Crippen LogP contribution < -0.4 is 19.9 Å². The topological polar surface area (TPSA) is 117 Å². The molecule has 2 aromatic heterocycles. The maximum atomic E-state index is 12.8. The highest BCUT2D eigenvalue weighted by Crippen LogP contribution is 2.30. The Hall–Kier alpha value is -3.24. The van der Waals surface area contributed by atoms with Crippen LogP contribution in [0, 0.1) is 0 Å². The predicted octanol–water partition coefficient (Wildman–Crippen LogP) is 3.91.